The van der Waals surface area contributed by atoms with E-state index in [-0.39, 0.29) is 17.8 Å². The minimum Gasteiger partial charge on any atom is -0.461 e. The molecule has 4 nitrogen and oxygen atoms in total. The van der Waals surface area contributed by atoms with Gasteiger partial charge in [0.15, 0.2) is 0 Å². The van der Waals surface area contributed by atoms with E-state index in [1.54, 1.807) is 18.7 Å². The SMILES string of the molecule is Cc1ccc(S[C@H](c2ccccc2)[C@H](C)OC(=O)[C@H](C)CC(=O)OC(C)(C)C)cc1. The molecule has 5 heteroatoms. The van der Waals surface area contributed by atoms with Crippen molar-refractivity contribution in [1.82, 2.24) is 0 Å². The van der Waals surface area contributed by atoms with Gasteiger partial charge in [0.25, 0.3) is 0 Å². The van der Waals surface area contributed by atoms with E-state index in [4.69, 9.17) is 9.47 Å². The van der Waals surface area contributed by atoms with Gasteiger partial charge in [-0.2, -0.15) is 0 Å². The summed E-state index contributed by atoms with van der Waals surface area (Å²) in [5.41, 5.74) is 1.71. The number of aryl methyl sites for hydroxylation is 1. The zero-order valence-corrected chi connectivity index (χ0v) is 19.5. The Bertz CT molecular complexity index is 824. The molecule has 0 heterocycles. The predicted molar refractivity (Wildman–Crippen MR) is 121 cm³/mol. The number of ether oxygens (including phenoxy) is 2. The molecule has 162 valence electrons. The van der Waals surface area contributed by atoms with Crippen LogP contribution in [0.25, 0.3) is 0 Å². The van der Waals surface area contributed by atoms with Crippen molar-refractivity contribution in [2.75, 3.05) is 0 Å². The van der Waals surface area contributed by atoms with Gasteiger partial charge in [0.1, 0.15) is 11.7 Å². The maximum absolute atomic E-state index is 12.6. The van der Waals surface area contributed by atoms with Crippen LogP contribution in [-0.4, -0.2) is 23.6 Å². The summed E-state index contributed by atoms with van der Waals surface area (Å²) in [5, 5.41) is -0.0633. The zero-order valence-electron chi connectivity index (χ0n) is 18.7. The van der Waals surface area contributed by atoms with E-state index in [9.17, 15) is 9.59 Å². The maximum atomic E-state index is 12.6. The van der Waals surface area contributed by atoms with Crippen LogP contribution < -0.4 is 0 Å². The molecule has 0 aliphatic heterocycles. The fraction of sp³-hybridized carbons (Fsp3) is 0.440. The first-order valence-electron chi connectivity index (χ1n) is 10.3. The summed E-state index contributed by atoms with van der Waals surface area (Å²) in [7, 11) is 0. The number of thioether (sulfide) groups is 1. The van der Waals surface area contributed by atoms with E-state index in [1.807, 2.05) is 58.0 Å². The Morgan fingerprint density at radius 1 is 0.967 bits per heavy atom. The van der Waals surface area contributed by atoms with Crippen LogP contribution in [0.1, 0.15) is 57.4 Å². The molecule has 0 amide bonds. The highest BCUT2D eigenvalue weighted by atomic mass is 32.2. The van der Waals surface area contributed by atoms with Crippen molar-refractivity contribution < 1.29 is 19.1 Å². The van der Waals surface area contributed by atoms with Crippen LogP contribution in [0.15, 0.2) is 59.5 Å². The molecule has 0 fully saturated rings. The molecular formula is C25H32O4S. The van der Waals surface area contributed by atoms with Crippen LogP contribution in [0.4, 0.5) is 0 Å². The lowest BCUT2D eigenvalue weighted by atomic mass is 10.1. The quantitative estimate of drug-likeness (QED) is 0.374. The molecule has 0 N–H and O–H groups in total. The summed E-state index contributed by atoms with van der Waals surface area (Å²) in [5.74, 6) is -1.35. The van der Waals surface area contributed by atoms with Gasteiger partial charge in [-0.15, -0.1) is 11.8 Å². The van der Waals surface area contributed by atoms with Crippen molar-refractivity contribution in [1.29, 1.82) is 0 Å². The van der Waals surface area contributed by atoms with Gasteiger partial charge >= 0.3 is 11.9 Å². The normalized spacial score (nSPS) is 14.5. The van der Waals surface area contributed by atoms with Gasteiger partial charge < -0.3 is 9.47 Å². The average Bonchev–Trinajstić information content (AvgIpc) is 2.66. The molecule has 30 heavy (non-hydrogen) atoms. The summed E-state index contributed by atoms with van der Waals surface area (Å²) in [6, 6.07) is 18.3. The Labute approximate surface area is 184 Å². The smallest absolute Gasteiger partial charge is 0.309 e. The Balaban J connectivity index is 2.08. The Hall–Kier alpha value is -2.27. The highest BCUT2D eigenvalue weighted by molar-refractivity contribution is 7.99. The molecule has 0 aliphatic rings. The van der Waals surface area contributed by atoms with Crippen molar-refractivity contribution in [2.45, 2.75) is 69.8 Å². The first-order chi connectivity index (χ1) is 14.0. The third kappa shape index (κ3) is 7.86. The average molecular weight is 429 g/mol. The van der Waals surface area contributed by atoms with Crippen LogP contribution >= 0.6 is 11.8 Å². The molecule has 0 aromatic heterocycles. The van der Waals surface area contributed by atoms with Crippen LogP contribution in [-0.2, 0) is 19.1 Å². The van der Waals surface area contributed by atoms with Gasteiger partial charge in [0.2, 0.25) is 0 Å². The van der Waals surface area contributed by atoms with Gasteiger partial charge in [-0.05, 0) is 52.3 Å². The van der Waals surface area contributed by atoms with E-state index < -0.39 is 23.5 Å². The van der Waals surface area contributed by atoms with E-state index >= 15 is 0 Å². The molecule has 2 aromatic carbocycles. The first-order valence-corrected chi connectivity index (χ1v) is 11.1. The number of hydrogen-bond donors (Lipinski definition) is 0. The Morgan fingerprint density at radius 2 is 1.57 bits per heavy atom. The van der Waals surface area contributed by atoms with Gasteiger partial charge in [-0.1, -0.05) is 55.0 Å². The fourth-order valence-corrected chi connectivity index (χ4v) is 4.05. The zero-order chi connectivity index (χ0) is 22.3. The molecule has 2 aromatic rings. The second-order valence-electron chi connectivity index (χ2n) is 8.60. The monoisotopic (exact) mass is 428 g/mol. The van der Waals surface area contributed by atoms with Crippen molar-refractivity contribution in [3.05, 3.63) is 65.7 Å². The van der Waals surface area contributed by atoms with Crippen molar-refractivity contribution in [3.63, 3.8) is 0 Å². The topological polar surface area (TPSA) is 52.6 Å². The molecule has 0 spiro atoms. The van der Waals surface area contributed by atoms with Crippen LogP contribution in [0.5, 0.6) is 0 Å². The molecule has 0 unspecified atom stereocenters. The van der Waals surface area contributed by atoms with Crippen LogP contribution in [0, 0.1) is 12.8 Å². The maximum Gasteiger partial charge on any atom is 0.309 e. The van der Waals surface area contributed by atoms with E-state index in [1.165, 1.54) is 5.56 Å². The highest BCUT2D eigenvalue weighted by Crippen LogP contribution is 2.39. The summed E-state index contributed by atoms with van der Waals surface area (Å²) in [6.07, 6.45) is -0.364. The first kappa shape index (κ1) is 24.0. The van der Waals surface area contributed by atoms with Crippen molar-refractivity contribution in [2.24, 2.45) is 5.92 Å². The van der Waals surface area contributed by atoms with Crippen LogP contribution in [0.3, 0.4) is 0 Å². The minimum absolute atomic E-state index is 0.00390. The molecular weight excluding hydrogens is 396 g/mol. The largest absolute Gasteiger partial charge is 0.461 e. The lowest BCUT2D eigenvalue weighted by Gasteiger charge is -2.26. The van der Waals surface area contributed by atoms with Crippen molar-refractivity contribution >= 4 is 23.7 Å². The standard InChI is InChI=1S/C25H32O4S/c1-17-12-14-21(15-13-17)30-23(20-10-8-7-9-11-20)19(3)28-24(27)18(2)16-22(26)29-25(4,5)6/h7-15,18-19,23H,16H2,1-6H3/t18-,19+,23+/m1/s1. The second-order valence-corrected chi connectivity index (χ2v) is 9.81. The Morgan fingerprint density at radius 3 is 2.13 bits per heavy atom. The molecule has 2 rings (SSSR count). The second kappa shape index (κ2) is 10.7. The van der Waals surface area contributed by atoms with E-state index in [0.717, 1.165) is 10.5 Å². The van der Waals surface area contributed by atoms with Gasteiger partial charge in [-0.3, -0.25) is 9.59 Å². The fourth-order valence-electron chi connectivity index (χ4n) is 2.92. The van der Waals surface area contributed by atoms with Crippen molar-refractivity contribution in [3.8, 4) is 0 Å². The lowest BCUT2D eigenvalue weighted by molar-refractivity contribution is -0.163. The number of carbonyl (C=O) groups excluding carboxylic acids is 2. The minimum atomic E-state index is -0.572. The predicted octanol–water partition coefficient (Wildman–Crippen LogP) is 6.13. The number of esters is 2. The lowest BCUT2D eigenvalue weighted by Crippen LogP contribution is -2.29. The molecule has 3 atom stereocenters. The highest BCUT2D eigenvalue weighted by Gasteiger charge is 2.28. The van der Waals surface area contributed by atoms with E-state index in [2.05, 4.69) is 31.2 Å². The third-order valence-corrected chi connectivity index (χ3v) is 5.89. The summed E-state index contributed by atoms with van der Waals surface area (Å²) in [4.78, 5) is 25.8. The summed E-state index contributed by atoms with van der Waals surface area (Å²) < 4.78 is 11.1. The number of hydrogen-bond acceptors (Lipinski definition) is 5. The number of rotatable bonds is 8. The Kier molecular flexibility index (Phi) is 8.54. The van der Waals surface area contributed by atoms with E-state index in [0.29, 0.717) is 0 Å². The van der Waals surface area contributed by atoms with Gasteiger partial charge in [0, 0.05) is 4.90 Å². The van der Waals surface area contributed by atoms with Crippen LogP contribution in [0.2, 0.25) is 0 Å². The third-order valence-electron chi connectivity index (χ3n) is 4.44. The summed E-state index contributed by atoms with van der Waals surface area (Å²) in [6.45, 7) is 11.1. The molecule has 0 aliphatic carbocycles. The molecule has 0 bridgehead atoms. The van der Waals surface area contributed by atoms with Gasteiger partial charge in [0.05, 0.1) is 17.6 Å². The molecule has 0 radical (unpaired) electrons. The molecule has 0 saturated carbocycles. The van der Waals surface area contributed by atoms with Gasteiger partial charge in [-0.25, -0.2) is 0 Å². The number of benzene rings is 2. The summed E-state index contributed by atoms with van der Waals surface area (Å²) >= 11 is 1.67. The molecule has 0 saturated heterocycles. The number of carbonyl (C=O) groups is 2.